The van der Waals surface area contributed by atoms with Crippen molar-refractivity contribution in [2.75, 3.05) is 20.3 Å². The molecule has 0 saturated heterocycles. The Morgan fingerprint density at radius 3 is 3.06 bits per heavy atom. The molecule has 0 bridgehead atoms. The van der Waals surface area contributed by atoms with E-state index in [0.717, 1.165) is 6.54 Å². The van der Waals surface area contributed by atoms with Crippen molar-refractivity contribution < 1.29 is 13.7 Å². The monoisotopic (exact) mass is 259 g/mol. The highest BCUT2D eigenvalue weighted by Crippen LogP contribution is 2.15. The van der Waals surface area contributed by atoms with Gasteiger partial charge in [0.15, 0.2) is 5.76 Å². The predicted octanol–water partition coefficient (Wildman–Crippen LogP) is 1.49. The summed E-state index contributed by atoms with van der Waals surface area (Å²) in [5.74, 6) is 1.60. The van der Waals surface area contributed by atoms with Crippen LogP contribution in [0.25, 0.3) is 11.6 Å². The van der Waals surface area contributed by atoms with Crippen molar-refractivity contribution in [2.24, 2.45) is 0 Å². The lowest BCUT2D eigenvalue weighted by Gasteiger charge is -1.98. The Morgan fingerprint density at radius 1 is 1.47 bits per heavy atom. The van der Waals surface area contributed by atoms with Gasteiger partial charge in [-0.25, -0.2) is 0 Å². The Hall–Kier alpha value is -1.37. The zero-order valence-corrected chi connectivity index (χ0v) is 10.2. The number of hydrogen-bond acceptors (Lipinski definition) is 6. The van der Waals surface area contributed by atoms with Crippen LogP contribution < -0.4 is 5.32 Å². The highest BCUT2D eigenvalue weighted by Gasteiger charge is 2.09. The minimum Gasteiger partial charge on any atom is -0.461 e. The van der Waals surface area contributed by atoms with Gasteiger partial charge in [-0.1, -0.05) is 5.16 Å². The summed E-state index contributed by atoms with van der Waals surface area (Å²) < 4.78 is 15.1. The van der Waals surface area contributed by atoms with E-state index in [1.54, 1.807) is 25.5 Å². The van der Waals surface area contributed by atoms with Gasteiger partial charge in [-0.3, -0.25) is 0 Å². The topological polar surface area (TPSA) is 73.3 Å². The third-order valence-corrected chi connectivity index (χ3v) is 1.97. The molecule has 2 aromatic heterocycles. The third-order valence-electron chi connectivity index (χ3n) is 1.97. The molecule has 2 aromatic rings. The van der Waals surface area contributed by atoms with Crippen molar-refractivity contribution in [3.63, 3.8) is 0 Å². The maximum atomic E-state index is 5.15. The molecular formula is C10H14ClN3O3. The summed E-state index contributed by atoms with van der Waals surface area (Å²) in [4.78, 5) is 4.18. The van der Waals surface area contributed by atoms with Crippen molar-refractivity contribution in [3.05, 3.63) is 24.3 Å². The lowest BCUT2D eigenvalue weighted by Crippen LogP contribution is -2.18. The van der Waals surface area contributed by atoms with Crippen molar-refractivity contribution >= 4 is 12.4 Å². The van der Waals surface area contributed by atoms with Gasteiger partial charge in [0.25, 0.3) is 0 Å². The van der Waals surface area contributed by atoms with Crippen molar-refractivity contribution in [3.8, 4) is 11.6 Å². The summed E-state index contributed by atoms with van der Waals surface area (Å²) in [6.07, 6.45) is 1.57. The first-order valence-electron chi connectivity index (χ1n) is 4.96. The van der Waals surface area contributed by atoms with E-state index in [9.17, 15) is 0 Å². The van der Waals surface area contributed by atoms with Gasteiger partial charge in [-0.05, 0) is 12.1 Å². The van der Waals surface area contributed by atoms with Crippen LogP contribution in [0.3, 0.4) is 0 Å². The molecule has 0 amide bonds. The van der Waals surface area contributed by atoms with Crippen LogP contribution in [0.5, 0.6) is 0 Å². The zero-order chi connectivity index (χ0) is 11.2. The molecule has 0 fully saturated rings. The van der Waals surface area contributed by atoms with Crippen LogP contribution in [0.4, 0.5) is 0 Å². The number of ether oxygens (including phenoxy) is 1. The molecule has 6 nitrogen and oxygen atoms in total. The molecule has 17 heavy (non-hydrogen) atoms. The second kappa shape index (κ2) is 7.05. The summed E-state index contributed by atoms with van der Waals surface area (Å²) in [7, 11) is 1.66. The minimum absolute atomic E-state index is 0. The number of nitrogens with one attached hydrogen (secondary N) is 1. The van der Waals surface area contributed by atoms with Crippen LogP contribution in [0, 0.1) is 0 Å². The quantitative estimate of drug-likeness (QED) is 0.793. The summed E-state index contributed by atoms with van der Waals surface area (Å²) >= 11 is 0. The van der Waals surface area contributed by atoms with E-state index in [2.05, 4.69) is 15.5 Å². The van der Waals surface area contributed by atoms with Crippen molar-refractivity contribution in [1.29, 1.82) is 0 Å². The van der Waals surface area contributed by atoms with Crippen LogP contribution in [-0.2, 0) is 11.3 Å². The highest BCUT2D eigenvalue weighted by molar-refractivity contribution is 5.85. The normalized spacial score (nSPS) is 10.2. The molecular weight excluding hydrogens is 246 g/mol. The van der Waals surface area contributed by atoms with Gasteiger partial charge < -0.3 is 19.0 Å². The molecule has 94 valence electrons. The minimum atomic E-state index is 0. The molecule has 1 N–H and O–H groups in total. The van der Waals surface area contributed by atoms with Crippen LogP contribution in [-0.4, -0.2) is 30.4 Å². The van der Waals surface area contributed by atoms with Gasteiger partial charge in [-0.15, -0.1) is 12.4 Å². The lowest BCUT2D eigenvalue weighted by atomic mass is 10.4. The van der Waals surface area contributed by atoms with E-state index >= 15 is 0 Å². The van der Waals surface area contributed by atoms with Gasteiger partial charge in [0.2, 0.25) is 11.7 Å². The van der Waals surface area contributed by atoms with Gasteiger partial charge in [0, 0.05) is 13.7 Å². The molecule has 0 atom stereocenters. The van der Waals surface area contributed by atoms with Gasteiger partial charge in [-0.2, -0.15) is 4.98 Å². The first-order chi connectivity index (χ1) is 7.90. The molecule has 2 rings (SSSR count). The molecule has 2 heterocycles. The molecule has 0 aliphatic carbocycles. The fourth-order valence-electron chi connectivity index (χ4n) is 1.20. The Balaban J connectivity index is 0.00000144. The molecule has 0 saturated carbocycles. The summed E-state index contributed by atoms with van der Waals surface area (Å²) in [6.45, 7) is 1.92. The molecule has 0 aromatic carbocycles. The maximum Gasteiger partial charge on any atom is 0.241 e. The SMILES string of the molecule is COCCNCc1nc(-c2ccco2)no1.Cl. The van der Waals surface area contributed by atoms with E-state index in [0.29, 0.717) is 30.6 Å². The predicted molar refractivity (Wildman–Crippen MR) is 62.8 cm³/mol. The molecule has 0 radical (unpaired) electrons. The van der Waals surface area contributed by atoms with E-state index < -0.39 is 0 Å². The standard InChI is InChI=1S/C10H13N3O3.ClH/c1-14-6-4-11-7-9-12-10(13-16-9)8-3-2-5-15-8;/h2-3,5,11H,4,6-7H2,1H3;1H. The third kappa shape index (κ3) is 3.85. The fraction of sp³-hybridized carbons (Fsp3) is 0.400. The average Bonchev–Trinajstić information content (AvgIpc) is 2.94. The van der Waals surface area contributed by atoms with Crippen LogP contribution in [0.15, 0.2) is 27.3 Å². The first kappa shape index (κ1) is 13.7. The van der Waals surface area contributed by atoms with E-state index in [-0.39, 0.29) is 12.4 Å². The number of methoxy groups -OCH3 is 1. The van der Waals surface area contributed by atoms with Crippen LogP contribution >= 0.6 is 12.4 Å². The smallest absolute Gasteiger partial charge is 0.241 e. The van der Waals surface area contributed by atoms with Gasteiger partial charge in [0.1, 0.15) is 0 Å². The second-order valence-electron chi connectivity index (χ2n) is 3.16. The largest absolute Gasteiger partial charge is 0.461 e. The number of halogens is 1. The van der Waals surface area contributed by atoms with E-state index in [1.807, 2.05) is 0 Å². The Bertz CT molecular complexity index is 416. The summed E-state index contributed by atoms with van der Waals surface area (Å²) in [6, 6.07) is 3.56. The Labute approximate surface area is 105 Å². The zero-order valence-electron chi connectivity index (χ0n) is 9.38. The Morgan fingerprint density at radius 2 is 2.35 bits per heavy atom. The number of rotatable bonds is 6. The molecule has 0 aliphatic rings. The molecule has 0 unspecified atom stereocenters. The van der Waals surface area contributed by atoms with Crippen molar-refractivity contribution in [1.82, 2.24) is 15.5 Å². The fourth-order valence-corrected chi connectivity index (χ4v) is 1.20. The number of furan rings is 1. The van der Waals surface area contributed by atoms with E-state index in [4.69, 9.17) is 13.7 Å². The van der Waals surface area contributed by atoms with Crippen LogP contribution in [0.2, 0.25) is 0 Å². The maximum absolute atomic E-state index is 5.15. The van der Waals surface area contributed by atoms with Gasteiger partial charge in [0.05, 0.1) is 19.4 Å². The van der Waals surface area contributed by atoms with Crippen LogP contribution in [0.1, 0.15) is 5.89 Å². The number of nitrogens with zero attached hydrogens (tertiary/aromatic N) is 2. The molecule has 0 aliphatic heterocycles. The van der Waals surface area contributed by atoms with Gasteiger partial charge >= 0.3 is 0 Å². The molecule has 0 spiro atoms. The van der Waals surface area contributed by atoms with E-state index in [1.165, 1.54) is 0 Å². The molecule has 7 heteroatoms. The Kier molecular flexibility index (Phi) is 5.68. The first-order valence-corrected chi connectivity index (χ1v) is 4.96. The summed E-state index contributed by atoms with van der Waals surface area (Å²) in [5.41, 5.74) is 0. The lowest BCUT2D eigenvalue weighted by molar-refractivity contribution is 0.197. The summed E-state index contributed by atoms with van der Waals surface area (Å²) in [5, 5.41) is 6.92. The van der Waals surface area contributed by atoms with Crippen molar-refractivity contribution in [2.45, 2.75) is 6.54 Å². The second-order valence-corrected chi connectivity index (χ2v) is 3.16. The average molecular weight is 260 g/mol. The number of aromatic nitrogens is 2. The highest BCUT2D eigenvalue weighted by atomic mass is 35.5. The number of hydrogen-bond donors (Lipinski definition) is 1.